The van der Waals surface area contributed by atoms with Crippen molar-refractivity contribution in [1.82, 2.24) is 15.5 Å². The summed E-state index contributed by atoms with van der Waals surface area (Å²) in [6.07, 6.45) is 2.72. The number of carbonyl (C=O) groups is 3. The van der Waals surface area contributed by atoms with Crippen molar-refractivity contribution >= 4 is 27.9 Å². The van der Waals surface area contributed by atoms with E-state index in [1.54, 1.807) is 12.1 Å². The smallest absolute Gasteiger partial charge is 0.324 e. The van der Waals surface area contributed by atoms with Gasteiger partial charge in [0.25, 0.3) is 0 Å². The normalized spacial score (nSPS) is 22.3. The second-order valence-electron chi connectivity index (χ2n) is 9.13. The molecule has 0 aromatic heterocycles. The van der Waals surface area contributed by atoms with Crippen molar-refractivity contribution in [2.45, 2.75) is 43.0 Å². The predicted molar refractivity (Wildman–Crippen MR) is 130 cm³/mol. The number of rotatable bonds is 8. The second kappa shape index (κ2) is 10.6. The van der Waals surface area contributed by atoms with Crippen LogP contribution in [0.4, 0.5) is 4.79 Å². The van der Waals surface area contributed by atoms with E-state index in [9.17, 15) is 22.8 Å². The Morgan fingerprint density at radius 1 is 1.00 bits per heavy atom. The lowest BCUT2D eigenvalue weighted by Gasteiger charge is -2.42. The van der Waals surface area contributed by atoms with E-state index in [4.69, 9.17) is 5.14 Å². The van der Waals surface area contributed by atoms with E-state index in [1.165, 1.54) is 17.0 Å². The molecular formula is C25H30N4O5S. The summed E-state index contributed by atoms with van der Waals surface area (Å²) in [5, 5.41) is 11.0. The molecule has 186 valence electrons. The van der Waals surface area contributed by atoms with Gasteiger partial charge in [-0.2, -0.15) is 0 Å². The van der Waals surface area contributed by atoms with Crippen LogP contribution < -0.4 is 15.8 Å². The average Bonchev–Trinajstić information content (AvgIpc) is 2.84. The van der Waals surface area contributed by atoms with Crippen molar-refractivity contribution in [3.63, 3.8) is 0 Å². The highest BCUT2D eigenvalue weighted by molar-refractivity contribution is 7.89. The average molecular weight is 499 g/mol. The van der Waals surface area contributed by atoms with E-state index in [0.717, 1.165) is 11.1 Å². The van der Waals surface area contributed by atoms with Crippen LogP contribution in [0.15, 0.2) is 59.5 Å². The van der Waals surface area contributed by atoms with Gasteiger partial charge in [-0.25, -0.2) is 18.4 Å². The molecule has 4 N–H and O–H groups in total. The molecule has 9 nitrogen and oxygen atoms in total. The fourth-order valence-electron chi connectivity index (χ4n) is 4.82. The third-order valence-electron chi connectivity index (χ3n) is 6.79. The maximum absolute atomic E-state index is 13.0. The zero-order valence-electron chi connectivity index (χ0n) is 19.4. The van der Waals surface area contributed by atoms with E-state index in [-0.39, 0.29) is 34.6 Å². The number of nitrogens with zero attached hydrogens (tertiary/aromatic N) is 1. The number of nitrogens with one attached hydrogen (secondary N) is 2. The van der Waals surface area contributed by atoms with E-state index in [0.29, 0.717) is 45.2 Å². The van der Waals surface area contributed by atoms with Crippen LogP contribution in [0.1, 0.15) is 30.4 Å². The lowest BCUT2D eigenvalue weighted by molar-refractivity contribution is -0.139. The third-order valence-corrected chi connectivity index (χ3v) is 7.72. The molecule has 3 atom stereocenters. The number of primary sulfonamides is 1. The Bertz CT molecular complexity index is 1180. The van der Waals surface area contributed by atoms with Gasteiger partial charge in [0, 0.05) is 25.0 Å². The fraction of sp³-hybridized carbons (Fsp3) is 0.400. The van der Waals surface area contributed by atoms with Crippen LogP contribution in [0.25, 0.3) is 0 Å². The zero-order valence-corrected chi connectivity index (χ0v) is 20.2. The Balaban J connectivity index is 1.25. The molecule has 1 saturated heterocycles. The minimum absolute atomic E-state index is 0.0461. The molecule has 10 heteroatoms. The maximum atomic E-state index is 13.0. The maximum Gasteiger partial charge on any atom is 0.324 e. The second-order valence-corrected chi connectivity index (χ2v) is 10.7. The molecule has 4 amide bonds. The first-order chi connectivity index (χ1) is 16.7. The number of imide groups is 1. The van der Waals surface area contributed by atoms with Gasteiger partial charge >= 0.3 is 6.03 Å². The fourth-order valence-corrected chi connectivity index (χ4v) is 5.33. The van der Waals surface area contributed by atoms with Crippen molar-refractivity contribution in [2.75, 3.05) is 13.1 Å². The summed E-state index contributed by atoms with van der Waals surface area (Å²) in [6.45, 7) is 0.733. The van der Waals surface area contributed by atoms with Gasteiger partial charge in [0.2, 0.25) is 21.8 Å². The molecule has 1 saturated carbocycles. The summed E-state index contributed by atoms with van der Waals surface area (Å²) >= 11 is 0. The Kier molecular flexibility index (Phi) is 7.51. The number of hydrogen-bond donors (Lipinski definition) is 3. The SMILES string of the molecule is NS(=O)(=O)c1ccc(CCNC(=O)C2CCC3C(=O)N(CCc4ccccc4)C(=O)NC3C2)cc1. The van der Waals surface area contributed by atoms with Crippen LogP contribution in [0.5, 0.6) is 0 Å². The van der Waals surface area contributed by atoms with Crippen molar-refractivity contribution in [2.24, 2.45) is 17.0 Å². The summed E-state index contributed by atoms with van der Waals surface area (Å²) < 4.78 is 22.7. The minimum Gasteiger partial charge on any atom is -0.356 e. The highest BCUT2D eigenvalue weighted by Crippen LogP contribution is 2.33. The topological polar surface area (TPSA) is 139 Å². The van der Waals surface area contributed by atoms with Crippen LogP contribution in [0.3, 0.4) is 0 Å². The van der Waals surface area contributed by atoms with Gasteiger partial charge in [-0.3, -0.25) is 14.5 Å². The van der Waals surface area contributed by atoms with Gasteiger partial charge in [-0.15, -0.1) is 0 Å². The van der Waals surface area contributed by atoms with Crippen LogP contribution >= 0.6 is 0 Å². The Morgan fingerprint density at radius 3 is 2.37 bits per heavy atom. The Labute approximate surface area is 205 Å². The molecule has 2 aliphatic rings. The van der Waals surface area contributed by atoms with Gasteiger partial charge in [0.05, 0.1) is 10.8 Å². The summed E-state index contributed by atoms with van der Waals surface area (Å²) in [5.41, 5.74) is 1.94. The minimum atomic E-state index is -3.73. The number of hydrogen-bond acceptors (Lipinski definition) is 5. The summed E-state index contributed by atoms with van der Waals surface area (Å²) in [7, 11) is -3.73. The molecule has 35 heavy (non-hydrogen) atoms. The molecule has 0 bridgehead atoms. The molecular weight excluding hydrogens is 468 g/mol. The molecule has 3 unspecified atom stereocenters. The lowest BCUT2D eigenvalue weighted by atomic mass is 9.76. The molecule has 1 aliphatic carbocycles. The molecule has 0 spiro atoms. The first-order valence-corrected chi connectivity index (χ1v) is 13.3. The van der Waals surface area contributed by atoms with Gasteiger partial charge < -0.3 is 10.6 Å². The van der Waals surface area contributed by atoms with Gasteiger partial charge in [-0.05, 0) is 55.4 Å². The van der Waals surface area contributed by atoms with Crippen LogP contribution in [-0.2, 0) is 32.5 Å². The number of benzene rings is 2. The standard InChI is InChI=1S/C25H30N4O5S/c26-35(33,34)20-9-6-18(7-10-20)12-14-27-23(30)19-8-11-21-22(16-19)28-25(32)29(24(21)31)15-13-17-4-2-1-3-5-17/h1-7,9-10,19,21-22H,8,11-16H2,(H,27,30)(H,28,32)(H2,26,33,34). The molecule has 2 fully saturated rings. The van der Waals surface area contributed by atoms with Crippen LogP contribution in [0.2, 0.25) is 0 Å². The van der Waals surface area contributed by atoms with E-state index >= 15 is 0 Å². The Morgan fingerprint density at radius 2 is 1.69 bits per heavy atom. The van der Waals surface area contributed by atoms with E-state index in [1.807, 2.05) is 30.3 Å². The van der Waals surface area contributed by atoms with Gasteiger partial charge in [0.15, 0.2) is 0 Å². The molecule has 1 aliphatic heterocycles. The molecule has 0 radical (unpaired) electrons. The zero-order chi connectivity index (χ0) is 25.0. The molecule has 4 rings (SSSR count). The molecule has 2 aromatic rings. The first-order valence-electron chi connectivity index (χ1n) is 11.8. The largest absolute Gasteiger partial charge is 0.356 e. The third kappa shape index (κ3) is 6.07. The highest BCUT2D eigenvalue weighted by Gasteiger charge is 2.45. The number of carbonyl (C=O) groups excluding carboxylic acids is 3. The highest BCUT2D eigenvalue weighted by atomic mass is 32.2. The number of amides is 4. The number of urea groups is 1. The summed E-state index contributed by atoms with van der Waals surface area (Å²) in [6, 6.07) is 15.2. The van der Waals surface area contributed by atoms with Gasteiger partial charge in [-0.1, -0.05) is 42.5 Å². The van der Waals surface area contributed by atoms with Crippen molar-refractivity contribution in [3.8, 4) is 0 Å². The number of sulfonamides is 1. The number of fused-ring (bicyclic) bond motifs is 1. The summed E-state index contributed by atoms with van der Waals surface area (Å²) in [4.78, 5) is 39.7. The predicted octanol–water partition coefficient (Wildman–Crippen LogP) is 1.57. The molecule has 2 aromatic carbocycles. The van der Waals surface area contributed by atoms with E-state index < -0.39 is 16.1 Å². The van der Waals surface area contributed by atoms with Crippen LogP contribution in [0, 0.1) is 11.8 Å². The van der Waals surface area contributed by atoms with Crippen molar-refractivity contribution in [3.05, 3.63) is 65.7 Å². The first kappa shape index (κ1) is 24.9. The lowest BCUT2D eigenvalue weighted by Crippen LogP contribution is -2.62. The monoisotopic (exact) mass is 498 g/mol. The quantitative estimate of drug-likeness (QED) is 0.507. The van der Waals surface area contributed by atoms with E-state index in [2.05, 4.69) is 10.6 Å². The molecule has 1 heterocycles. The van der Waals surface area contributed by atoms with Crippen LogP contribution in [-0.4, -0.2) is 50.3 Å². The van der Waals surface area contributed by atoms with Gasteiger partial charge in [0.1, 0.15) is 0 Å². The van der Waals surface area contributed by atoms with Crippen molar-refractivity contribution < 1.29 is 22.8 Å². The van der Waals surface area contributed by atoms with Crippen molar-refractivity contribution in [1.29, 1.82) is 0 Å². The summed E-state index contributed by atoms with van der Waals surface area (Å²) in [5.74, 6) is -0.830. The Hall–Kier alpha value is -3.24. The number of nitrogens with two attached hydrogens (primary N) is 1.